The van der Waals surface area contributed by atoms with E-state index >= 15 is 0 Å². The molecule has 0 aromatic carbocycles. The number of hydrogen-bond donors (Lipinski definition) is 0. The third-order valence-corrected chi connectivity index (χ3v) is 2.66. The summed E-state index contributed by atoms with van der Waals surface area (Å²) in [5.41, 5.74) is 1.88. The Morgan fingerprint density at radius 3 is 1.90 bits per heavy atom. The summed E-state index contributed by atoms with van der Waals surface area (Å²) in [4.78, 5) is 3.43. The van der Waals surface area contributed by atoms with E-state index in [0.717, 1.165) is 62.6 Å². The Bertz CT molecular complexity index is 315. The van der Waals surface area contributed by atoms with Crippen LogP contribution >= 0.6 is 0 Å². The van der Waals surface area contributed by atoms with E-state index < -0.39 is 0 Å². The summed E-state index contributed by atoms with van der Waals surface area (Å²) in [7, 11) is 0. The summed E-state index contributed by atoms with van der Waals surface area (Å²) in [6, 6.07) is 2.20. The van der Waals surface area contributed by atoms with Gasteiger partial charge in [0.2, 0.25) is 0 Å². The van der Waals surface area contributed by atoms with Crippen LogP contribution in [0.1, 0.15) is 79.1 Å². The van der Waals surface area contributed by atoms with Gasteiger partial charge < -0.3 is 0 Å². The van der Waals surface area contributed by atoms with E-state index in [1.54, 1.807) is 0 Å². The number of allylic oxidation sites excluding steroid dienone is 4. The van der Waals surface area contributed by atoms with Gasteiger partial charge in [-0.05, 0) is 25.7 Å². The van der Waals surface area contributed by atoms with Crippen LogP contribution in [0.4, 0.5) is 0 Å². The van der Waals surface area contributed by atoms with E-state index in [1.807, 2.05) is 6.08 Å². The Hall–Kier alpha value is -1.54. The van der Waals surface area contributed by atoms with Gasteiger partial charge in [-0.1, -0.05) is 65.5 Å². The van der Waals surface area contributed by atoms with Crippen molar-refractivity contribution in [3.8, 4) is 6.07 Å². The highest BCUT2D eigenvalue weighted by Crippen LogP contribution is 2.07. The lowest BCUT2D eigenvalue weighted by molar-refractivity contribution is 0.893. The molecule has 0 aliphatic rings. The maximum atomic E-state index is 8.57. The summed E-state index contributed by atoms with van der Waals surface area (Å²) in [6.07, 6.45) is 12.5. The molecule has 0 spiro atoms. The Labute approximate surface area is 126 Å². The second-order valence-electron chi connectivity index (χ2n) is 4.73. The molecule has 0 heterocycles. The molecule has 0 atom stereocenters. The highest BCUT2D eigenvalue weighted by atomic mass is 14.6. The first-order chi connectivity index (χ1) is 9.69. The number of unbranched alkanes of at least 4 members (excludes halogenated alkanes) is 2. The van der Waals surface area contributed by atoms with Crippen LogP contribution in [-0.4, -0.2) is 0 Å². The fraction of sp³-hybridized carbons (Fsp3) is 0.667. The molecule has 0 radical (unpaired) electrons. The average molecular weight is 274 g/mol. The van der Waals surface area contributed by atoms with E-state index in [0.29, 0.717) is 0 Å². The fourth-order valence-electron chi connectivity index (χ4n) is 1.56. The van der Waals surface area contributed by atoms with Gasteiger partial charge in [0.25, 0.3) is 0 Å². The quantitative estimate of drug-likeness (QED) is 0.370. The zero-order chi connectivity index (χ0) is 15.6. The summed E-state index contributed by atoms with van der Waals surface area (Å²) < 4.78 is 0. The van der Waals surface area contributed by atoms with Crippen molar-refractivity contribution in [3.63, 3.8) is 0 Å². The standard InChI is InChI=1S/2C9H15N/c1-4-6-8-9(10-3)7-5-2;1-3-5-7-9(8-10)6-4-2/h8H,4-7H2,1-2H3;7H,3-6H2,1-2H3/b9-8+;9-7-. The lowest BCUT2D eigenvalue weighted by Crippen LogP contribution is -1.77. The first-order valence-corrected chi connectivity index (χ1v) is 7.85. The zero-order valence-electron chi connectivity index (χ0n) is 13.7. The highest BCUT2D eigenvalue weighted by molar-refractivity contribution is 5.19. The molecule has 0 aliphatic heterocycles. The van der Waals surface area contributed by atoms with Crippen molar-refractivity contribution in [3.05, 3.63) is 34.8 Å². The highest BCUT2D eigenvalue weighted by Gasteiger charge is 1.91. The zero-order valence-corrected chi connectivity index (χ0v) is 13.7. The molecule has 2 nitrogen and oxygen atoms in total. The van der Waals surface area contributed by atoms with Gasteiger partial charge in [0.15, 0.2) is 5.70 Å². The van der Waals surface area contributed by atoms with Crippen molar-refractivity contribution in [1.82, 2.24) is 0 Å². The van der Waals surface area contributed by atoms with Crippen LogP contribution in [0, 0.1) is 17.9 Å². The van der Waals surface area contributed by atoms with Crippen LogP contribution in [0.15, 0.2) is 23.4 Å². The van der Waals surface area contributed by atoms with Gasteiger partial charge in [-0.3, -0.25) is 0 Å². The van der Waals surface area contributed by atoms with Gasteiger partial charge in [-0.2, -0.15) is 5.26 Å². The SMILES string of the molecule is CCC/C=C(\C#N)CCC.[C-]#[N+]/C(=C/CCC)CCC. The minimum absolute atomic E-state index is 0.935. The first kappa shape index (κ1) is 20.8. The maximum absolute atomic E-state index is 8.57. The summed E-state index contributed by atoms with van der Waals surface area (Å²) in [5, 5.41) is 8.57. The van der Waals surface area contributed by atoms with Crippen molar-refractivity contribution in [2.24, 2.45) is 0 Å². The van der Waals surface area contributed by atoms with Crippen LogP contribution in [0.2, 0.25) is 0 Å². The monoisotopic (exact) mass is 274 g/mol. The molecule has 0 N–H and O–H groups in total. The molecule has 0 rings (SSSR count). The summed E-state index contributed by atoms with van der Waals surface area (Å²) in [5.74, 6) is 0. The molecular weight excluding hydrogens is 244 g/mol. The molecule has 0 amide bonds. The molecule has 0 saturated carbocycles. The average Bonchev–Trinajstić information content (AvgIpc) is 2.48. The fourth-order valence-corrected chi connectivity index (χ4v) is 1.56. The van der Waals surface area contributed by atoms with Crippen LogP contribution in [0.25, 0.3) is 4.85 Å². The molecule has 20 heavy (non-hydrogen) atoms. The van der Waals surface area contributed by atoms with Gasteiger partial charge in [0.1, 0.15) is 0 Å². The lowest BCUT2D eigenvalue weighted by Gasteiger charge is -1.92. The summed E-state index contributed by atoms with van der Waals surface area (Å²) >= 11 is 0. The Kier molecular flexibility index (Phi) is 18.1. The Morgan fingerprint density at radius 2 is 1.50 bits per heavy atom. The minimum Gasteiger partial charge on any atom is -0.243 e. The molecule has 0 aliphatic carbocycles. The third kappa shape index (κ3) is 14.5. The largest absolute Gasteiger partial charge is 0.243 e. The van der Waals surface area contributed by atoms with E-state index in [1.165, 1.54) is 0 Å². The van der Waals surface area contributed by atoms with E-state index in [9.17, 15) is 0 Å². The van der Waals surface area contributed by atoms with E-state index in [2.05, 4.69) is 44.7 Å². The molecule has 112 valence electrons. The van der Waals surface area contributed by atoms with Gasteiger partial charge in [0, 0.05) is 5.57 Å². The third-order valence-electron chi connectivity index (χ3n) is 2.66. The molecule has 0 fully saturated rings. The van der Waals surface area contributed by atoms with Crippen molar-refractivity contribution in [1.29, 1.82) is 5.26 Å². The lowest BCUT2D eigenvalue weighted by atomic mass is 10.1. The van der Waals surface area contributed by atoms with Crippen LogP contribution in [0.5, 0.6) is 0 Å². The maximum Gasteiger partial charge on any atom is 0.161 e. The molecule has 0 saturated heterocycles. The molecule has 2 heteroatoms. The van der Waals surface area contributed by atoms with E-state index in [-0.39, 0.29) is 0 Å². The van der Waals surface area contributed by atoms with Crippen LogP contribution in [-0.2, 0) is 0 Å². The minimum atomic E-state index is 0.935. The predicted molar refractivity (Wildman–Crippen MR) is 88.0 cm³/mol. The van der Waals surface area contributed by atoms with Crippen molar-refractivity contribution in [2.45, 2.75) is 79.1 Å². The van der Waals surface area contributed by atoms with Gasteiger partial charge in [-0.25, -0.2) is 4.85 Å². The van der Waals surface area contributed by atoms with Crippen molar-refractivity contribution in [2.75, 3.05) is 0 Å². The Balaban J connectivity index is 0. The van der Waals surface area contributed by atoms with Gasteiger partial charge in [-0.15, -0.1) is 0 Å². The molecule has 0 bridgehead atoms. The topological polar surface area (TPSA) is 28.1 Å². The normalized spacial score (nSPS) is 11.1. The summed E-state index contributed by atoms with van der Waals surface area (Å²) in [6.45, 7) is 15.2. The molecule has 0 aromatic rings. The van der Waals surface area contributed by atoms with Gasteiger partial charge >= 0.3 is 0 Å². The smallest absolute Gasteiger partial charge is 0.161 e. The van der Waals surface area contributed by atoms with Crippen LogP contribution in [0.3, 0.4) is 0 Å². The predicted octanol–water partition coefficient (Wildman–Crippen LogP) is 6.43. The van der Waals surface area contributed by atoms with Crippen molar-refractivity contribution < 1.29 is 0 Å². The number of nitrogens with zero attached hydrogens (tertiary/aromatic N) is 2. The number of hydrogen-bond acceptors (Lipinski definition) is 1. The molecular formula is C18H30N2. The number of nitriles is 1. The molecule has 0 unspecified atom stereocenters. The first-order valence-electron chi connectivity index (χ1n) is 7.85. The van der Waals surface area contributed by atoms with E-state index in [4.69, 9.17) is 11.8 Å². The number of rotatable bonds is 8. The molecule has 0 aromatic heterocycles. The van der Waals surface area contributed by atoms with Gasteiger partial charge in [0.05, 0.1) is 12.6 Å². The second-order valence-corrected chi connectivity index (χ2v) is 4.73. The Morgan fingerprint density at radius 1 is 0.950 bits per heavy atom. The van der Waals surface area contributed by atoms with Crippen molar-refractivity contribution >= 4 is 0 Å². The van der Waals surface area contributed by atoms with Crippen LogP contribution < -0.4 is 0 Å². The second kappa shape index (κ2) is 17.5.